The Morgan fingerprint density at radius 3 is 2.75 bits per heavy atom. The van der Waals surface area contributed by atoms with Gasteiger partial charge in [0, 0.05) is 29.2 Å². The van der Waals surface area contributed by atoms with E-state index in [0.717, 1.165) is 28.5 Å². The van der Waals surface area contributed by atoms with Gasteiger partial charge in [0.15, 0.2) is 0 Å². The molecule has 0 bridgehead atoms. The number of hydrogen-bond donors (Lipinski definition) is 1. The Labute approximate surface area is 124 Å². The van der Waals surface area contributed by atoms with Gasteiger partial charge in [-0.2, -0.15) is 0 Å². The third kappa shape index (κ3) is 3.99. The number of hydrogen-bond acceptors (Lipinski definition) is 4. The van der Waals surface area contributed by atoms with Crippen LogP contribution in [0.4, 0.5) is 0 Å². The molecule has 1 aromatic heterocycles. The van der Waals surface area contributed by atoms with E-state index in [4.69, 9.17) is 4.74 Å². The van der Waals surface area contributed by atoms with Crippen molar-refractivity contribution < 1.29 is 4.74 Å². The van der Waals surface area contributed by atoms with Crippen molar-refractivity contribution in [2.24, 2.45) is 0 Å². The lowest BCUT2D eigenvalue weighted by Crippen LogP contribution is -2.22. The average Bonchev–Trinajstić information content (AvgIpc) is 2.47. The minimum absolute atomic E-state index is 0.439. The van der Waals surface area contributed by atoms with Gasteiger partial charge in [0.25, 0.3) is 0 Å². The van der Waals surface area contributed by atoms with Crippen LogP contribution in [0.5, 0.6) is 11.5 Å². The number of ether oxygens (including phenoxy) is 1. The van der Waals surface area contributed by atoms with Crippen LogP contribution in [0.25, 0.3) is 0 Å². The number of benzene rings is 1. The second-order valence-electron chi connectivity index (χ2n) is 4.77. The predicted molar refractivity (Wildman–Crippen MR) is 84.5 cm³/mol. The molecule has 106 valence electrons. The van der Waals surface area contributed by atoms with Gasteiger partial charge in [-0.05, 0) is 24.5 Å². The van der Waals surface area contributed by atoms with Crippen molar-refractivity contribution in [3.8, 4) is 11.5 Å². The van der Waals surface area contributed by atoms with E-state index in [1.807, 2.05) is 30.5 Å². The van der Waals surface area contributed by atoms with Crippen LogP contribution in [0, 0.1) is 0 Å². The fraction of sp³-hybridized carbons (Fsp3) is 0.312. The lowest BCUT2D eigenvalue weighted by molar-refractivity contribution is 0.457. The van der Waals surface area contributed by atoms with Crippen molar-refractivity contribution in [3.63, 3.8) is 0 Å². The molecule has 0 atom stereocenters. The molecular formula is C16H20N2OS. The van der Waals surface area contributed by atoms with E-state index in [0.29, 0.717) is 6.04 Å². The number of para-hydroxylation sites is 1. The molecule has 0 amide bonds. The molecule has 4 heteroatoms. The maximum absolute atomic E-state index is 6.04. The van der Waals surface area contributed by atoms with E-state index >= 15 is 0 Å². The number of thioether (sulfide) groups is 1. The molecule has 1 heterocycles. The average molecular weight is 288 g/mol. The molecule has 3 nitrogen and oxygen atoms in total. The molecule has 0 unspecified atom stereocenters. The molecule has 20 heavy (non-hydrogen) atoms. The van der Waals surface area contributed by atoms with Crippen LogP contribution in [0.15, 0.2) is 47.6 Å². The number of rotatable bonds is 6. The van der Waals surface area contributed by atoms with Gasteiger partial charge in [-0.15, -0.1) is 11.8 Å². The Kier molecular flexibility index (Phi) is 5.44. The van der Waals surface area contributed by atoms with Crippen molar-refractivity contribution in [1.29, 1.82) is 0 Å². The van der Waals surface area contributed by atoms with Crippen molar-refractivity contribution in [3.05, 3.63) is 48.3 Å². The highest BCUT2D eigenvalue weighted by molar-refractivity contribution is 7.98. The fourth-order valence-corrected chi connectivity index (χ4v) is 2.31. The summed E-state index contributed by atoms with van der Waals surface area (Å²) in [4.78, 5) is 5.29. The topological polar surface area (TPSA) is 34.1 Å². The zero-order chi connectivity index (χ0) is 14.4. The highest BCUT2D eigenvalue weighted by Crippen LogP contribution is 2.32. The molecular weight excluding hydrogens is 268 g/mol. The zero-order valence-electron chi connectivity index (χ0n) is 12.1. The minimum atomic E-state index is 0.439. The molecule has 0 radical (unpaired) electrons. The summed E-state index contributed by atoms with van der Waals surface area (Å²) in [6, 6.07) is 10.5. The summed E-state index contributed by atoms with van der Waals surface area (Å²) < 4.78 is 6.04. The van der Waals surface area contributed by atoms with Gasteiger partial charge in [0.1, 0.15) is 11.5 Å². The van der Waals surface area contributed by atoms with Crippen molar-refractivity contribution in [2.45, 2.75) is 31.3 Å². The summed E-state index contributed by atoms with van der Waals surface area (Å²) in [5.41, 5.74) is 1.12. The van der Waals surface area contributed by atoms with Crippen LogP contribution >= 0.6 is 11.8 Å². The molecule has 0 spiro atoms. The molecule has 1 aromatic carbocycles. The van der Waals surface area contributed by atoms with Gasteiger partial charge in [-0.3, -0.25) is 4.98 Å². The molecule has 0 saturated heterocycles. The summed E-state index contributed by atoms with van der Waals surface area (Å²) >= 11 is 1.68. The van der Waals surface area contributed by atoms with E-state index in [1.54, 1.807) is 24.2 Å². The van der Waals surface area contributed by atoms with E-state index < -0.39 is 0 Å². The first-order valence-electron chi connectivity index (χ1n) is 6.68. The number of pyridine rings is 1. The summed E-state index contributed by atoms with van der Waals surface area (Å²) in [5.74, 6) is 1.68. The molecule has 0 aliphatic carbocycles. The molecule has 1 N–H and O–H groups in total. The monoisotopic (exact) mass is 288 g/mol. The minimum Gasteiger partial charge on any atom is -0.454 e. The molecule has 0 saturated carbocycles. The van der Waals surface area contributed by atoms with Crippen molar-refractivity contribution in [1.82, 2.24) is 10.3 Å². The second-order valence-corrected chi connectivity index (χ2v) is 5.62. The van der Waals surface area contributed by atoms with Gasteiger partial charge in [-0.25, -0.2) is 0 Å². The van der Waals surface area contributed by atoms with Crippen LogP contribution in [0.3, 0.4) is 0 Å². The first-order valence-corrected chi connectivity index (χ1v) is 7.90. The highest BCUT2D eigenvalue weighted by atomic mass is 32.2. The maximum Gasteiger partial charge on any atom is 0.150 e. The highest BCUT2D eigenvalue weighted by Gasteiger charge is 2.08. The van der Waals surface area contributed by atoms with Gasteiger partial charge in [0.2, 0.25) is 0 Å². The quantitative estimate of drug-likeness (QED) is 0.812. The Balaban J connectivity index is 2.20. The summed E-state index contributed by atoms with van der Waals surface area (Å²) in [6.45, 7) is 5.03. The SMILES string of the molecule is CSc1ccccc1Oc1cnccc1CNC(C)C. The van der Waals surface area contributed by atoms with E-state index in [9.17, 15) is 0 Å². The number of nitrogens with zero attached hydrogens (tertiary/aromatic N) is 1. The first kappa shape index (κ1) is 14.9. The molecule has 0 fully saturated rings. The Bertz CT molecular complexity index is 558. The second kappa shape index (κ2) is 7.31. The van der Waals surface area contributed by atoms with Crippen LogP contribution in [0.2, 0.25) is 0 Å². The van der Waals surface area contributed by atoms with E-state index in [1.165, 1.54) is 0 Å². The summed E-state index contributed by atoms with van der Waals surface area (Å²) in [6.07, 6.45) is 5.62. The van der Waals surface area contributed by atoms with Crippen molar-refractivity contribution >= 4 is 11.8 Å². The summed E-state index contributed by atoms with van der Waals surface area (Å²) in [7, 11) is 0. The lowest BCUT2D eigenvalue weighted by atomic mass is 10.2. The molecule has 0 aliphatic heterocycles. The van der Waals surface area contributed by atoms with Crippen molar-refractivity contribution in [2.75, 3.05) is 6.26 Å². The van der Waals surface area contributed by atoms with Gasteiger partial charge in [-0.1, -0.05) is 26.0 Å². The Hall–Kier alpha value is -1.52. The predicted octanol–water partition coefficient (Wildman–Crippen LogP) is 4.09. The summed E-state index contributed by atoms with van der Waals surface area (Å²) in [5, 5.41) is 3.40. The molecule has 0 aliphatic rings. The Morgan fingerprint density at radius 2 is 2.00 bits per heavy atom. The smallest absolute Gasteiger partial charge is 0.150 e. The zero-order valence-corrected chi connectivity index (χ0v) is 12.9. The van der Waals surface area contributed by atoms with E-state index in [-0.39, 0.29) is 0 Å². The molecule has 2 rings (SSSR count). The van der Waals surface area contributed by atoms with Gasteiger partial charge in [0.05, 0.1) is 6.20 Å². The largest absolute Gasteiger partial charge is 0.454 e. The maximum atomic E-state index is 6.04. The van der Waals surface area contributed by atoms with Gasteiger partial charge >= 0.3 is 0 Å². The van der Waals surface area contributed by atoms with E-state index in [2.05, 4.69) is 30.2 Å². The number of nitrogens with one attached hydrogen (secondary N) is 1. The van der Waals surface area contributed by atoms with Gasteiger partial charge < -0.3 is 10.1 Å². The van der Waals surface area contributed by atoms with Crippen LogP contribution in [0.1, 0.15) is 19.4 Å². The Morgan fingerprint density at radius 1 is 1.20 bits per heavy atom. The van der Waals surface area contributed by atoms with Crippen LogP contribution in [-0.4, -0.2) is 17.3 Å². The van der Waals surface area contributed by atoms with Crippen LogP contribution in [-0.2, 0) is 6.54 Å². The fourth-order valence-electron chi connectivity index (χ4n) is 1.78. The third-order valence-electron chi connectivity index (χ3n) is 2.86. The third-order valence-corrected chi connectivity index (χ3v) is 3.64. The normalized spacial score (nSPS) is 10.8. The standard InChI is InChI=1S/C16H20N2OS/c1-12(2)18-10-13-8-9-17-11-15(13)19-14-6-4-5-7-16(14)20-3/h4-9,11-12,18H,10H2,1-3H3. The molecule has 2 aromatic rings. The van der Waals surface area contributed by atoms with Crippen LogP contribution < -0.4 is 10.1 Å². The lowest BCUT2D eigenvalue weighted by Gasteiger charge is -2.14. The first-order chi connectivity index (χ1) is 9.70. The number of aromatic nitrogens is 1.